The van der Waals surface area contributed by atoms with Gasteiger partial charge in [-0.05, 0) is 12.1 Å². The number of nitrogens with zero attached hydrogens (tertiary/aromatic N) is 2. The summed E-state index contributed by atoms with van der Waals surface area (Å²) in [6.45, 7) is 3.63. The van der Waals surface area contributed by atoms with Crippen LogP contribution in [0, 0.1) is 5.92 Å². The van der Waals surface area contributed by atoms with Crippen molar-refractivity contribution in [3.8, 4) is 10.6 Å². The standard InChI is InChI=1S/C12H11Cl2N3OS/c1-6(2)10(18)15-12-17-16-11(19-12)7-3-4-8(13)9(14)5-7/h3-6H,1-2H3,(H,15,17,18). The second-order valence-electron chi connectivity index (χ2n) is 4.19. The van der Waals surface area contributed by atoms with E-state index in [0.717, 1.165) is 5.56 Å². The summed E-state index contributed by atoms with van der Waals surface area (Å²) in [6, 6.07) is 5.23. The van der Waals surface area contributed by atoms with Gasteiger partial charge in [-0.2, -0.15) is 0 Å². The summed E-state index contributed by atoms with van der Waals surface area (Å²) in [5, 5.41) is 12.8. The molecule has 0 atom stereocenters. The highest BCUT2D eigenvalue weighted by atomic mass is 35.5. The van der Waals surface area contributed by atoms with Crippen LogP contribution in [0.5, 0.6) is 0 Å². The van der Waals surface area contributed by atoms with Gasteiger partial charge in [-0.15, -0.1) is 10.2 Å². The first-order valence-electron chi connectivity index (χ1n) is 5.57. The van der Waals surface area contributed by atoms with Gasteiger partial charge in [0.25, 0.3) is 0 Å². The molecule has 1 aromatic carbocycles. The molecule has 0 spiro atoms. The van der Waals surface area contributed by atoms with E-state index in [1.165, 1.54) is 11.3 Å². The van der Waals surface area contributed by atoms with Crippen molar-refractivity contribution in [3.05, 3.63) is 28.2 Å². The maximum absolute atomic E-state index is 11.5. The van der Waals surface area contributed by atoms with Gasteiger partial charge < -0.3 is 5.32 Å². The van der Waals surface area contributed by atoms with Crippen molar-refractivity contribution in [1.82, 2.24) is 10.2 Å². The summed E-state index contributed by atoms with van der Waals surface area (Å²) in [7, 11) is 0. The normalized spacial score (nSPS) is 10.8. The molecule has 7 heteroatoms. The Morgan fingerprint density at radius 2 is 2.00 bits per heavy atom. The molecule has 19 heavy (non-hydrogen) atoms. The van der Waals surface area contributed by atoms with E-state index in [0.29, 0.717) is 20.2 Å². The number of hydrogen-bond acceptors (Lipinski definition) is 4. The number of carbonyl (C=O) groups excluding carboxylic acids is 1. The van der Waals surface area contributed by atoms with Crippen LogP contribution >= 0.6 is 34.5 Å². The SMILES string of the molecule is CC(C)C(=O)Nc1nnc(-c2ccc(Cl)c(Cl)c2)s1. The monoisotopic (exact) mass is 315 g/mol. The first-order chi connectivity index (χ1) is 8.97. The number of anilines is 1. The minimum absolute atomic E-state index is 0.0863. The van der Waals surface area contributed by atoms with E-state index in [2.05, 4.69) is 15.5 Å². The minimum Gasteiger partial charge on any atom is -0.300 e. The number of amides is 1. The van der Waals surface area contributed by atoms with E-state index in [-0.39, 0.29) is 11.8 Å². The predicted octanol–water partition coefficient (Wildman–Crippen LogP) is 4.11. The van der Waals surface area contributed by atoms with Crippen LogP contribution in [-0.4, -0.2) is 16.1 Å². The Morgan fingerprint density at radius 3 is 2.63 bits per heavy atom. The molecular weight excluding hydrogens is 305 g/mol. The largest absolute Gasteiger partial charge is 0.300 e. The quantitative estimate of drug-likeness (QED) is 0.927. The zero-order valence-electron chi connectivity index (χ0n) is 10.3. The van der Waals surface area contributed by atoms with Crippen LogP contribution in [0.4, 0.5) is 5.13 Å². The topological polar surface area (TPSA) is 54.9 Å². The summed E-state index contributed by atoms with van der Waals surface area (Å²) in [5.74, 6) is -0.186. The van der Waals surface area contributed by atoms with Gasteiger partial charge in [0.1, 0.15) is 5.01 Å². The molecule has 0 radical (unpaired) electrons. The molecule has 2 aromatic rings. The van der Waals surface area contributed by atoms with Crippen molar-refractivity contribution >= 4 is 45.6 Å². The number of hydrogen-bond donors (Lipinski definition) is 1. The molecule has 0 fully saturated rings. The smallest absolute Gasteiger partial charge is 0.228 e. The second kappa shape index (κ2) is 5.86. The highest BCUT2D eigenvalue weighted by Crippen LogP contribution is 2.31. The third-order valence-electron chi connectivity index (χ3n) is 2.35. The summed E-state index contributed by atoms with van der Waals surface area (Å²) in [4.78, 5) is 11.5. The summed E-state index contributed by atoms with van der Waals surface area (Å²) >= 11 is 13.1. The molecule has 0 saturated heterocycles. The van der Waals surface area contributed by atoms with E-state index >= 15 is 0 Å². The maximum Gasteiger partial charge on any atom is 0.228 e. The van der Waals surface area contributed by atoms with Crippen molar-refractivity contribution in [1.29, 1.82) is 0 Å². The van der Waals surface area contributed by atoms with Crippen LogP contribution in [-0.2, 0) is 4.79 Å². The first-order valence-corrected chi connectivity index (χ1v) is 7.14. The Kier molecular flexibility index (Phi) is 4.39. The van der Waals surface area contributed by atoms with Gasteiger partial charge in [0.05, 0.1) is 10.0 Å². The van der Waals surface area contributed by atoms with E-state index in [4.69, 9.17) is 23.2 Å². The molecule has 1 N–H and O–H groups in total. The summed E-state index contributed by atoms with van der Waals surface area (Å²) in [5.41, 5.74) is 0.817. The predicted molar refractivity (Wildman–Crippen MR) is 78.8 cm³/mol. The lowest BCUT2D eigenvalue weighted by molar-refractivity contribution is -0.118. The van der Waals surface area contributed by atoms with Crippen molar-refractivity contribution < 1.29 is 4.79 Å². The van der Waals surface area contributed by atoms with Crippen molar-refractivity contribution in [2.24, 2.45) is 5.92 Å². The lowest BCUT2D eigenvalue weighted by Crippen LogP contribution is -2.17. The number of halogens is 2. The molecule has 100 valence electrons. The molecule has 2 rings (SSSR count). The van der Waals surface area contributed by atoms with Gasteiger partial charge in [-0.3, -0.25) is 4.79 Å². The number of aromatic nitrogens is 2. The summed E-state index contributed by atoms with van der Waals surface area (Å²) < 4.78 is 0. The van der Waals surface area contributed by atoms with E-state index in [1.807, 2.05) is 19.9 Å². The highest BCUT2D eigenvalue weighted by Gasteiger charge is 2.12. The zero-order chi connectivity index (χ0) is 14.0. The van der Waals surface area contributed by atoms with E-state index in [9.17, 15) is 4.79 Å². The molecule has 0 bridgehead atoms. The Morgan fingerprint density at radius 1 is 1.26 bits per heavy atom. The van der Waals surface area contributed by atoms with Crippen molar-refractivity contribution in [2.75, 3.05) is 5.32 Å². The molecule has 0 aliphatic heterocycles. The van der Waals surface area contributed by atoms with Gasteiger partial charge >= 0.3 is 0 Å². The number of nitrogens with one attached hydrogen (secondary N) is 1. The van der Waals surface area contributed by atoms with Crippen molar-refractivity contribution in [2.45, 2.75) is 13.8 Å². The fourth-order valence-corrected chi connectivity index (χ4v) is 2.31. The molecule has 0 aliphatic rings. The summed E-state index contributed by atoms with van der Waals surface area (Å²) in [6.07, 6.45) is 0. The van der Waals surface area contributed by atoms with Crippen molar-refractivity contribution in [3.63, 3.8) is 0 Å². The molecule has 1 amide bonds. The van der Waals surface area contributed by atoms with Gasteiger partial charge in [0, 0.05) is 11.5 Å². The van der Waals surface area contributed by atoms with E-state index in [1.54, 1.807) is 12.1 Å². The zero-order valence-corrected chi connectivity index (χ0v) is 12.6. The fraction of sp³-hybridized carbons (Fsp3) is 0.250. The van der Waals surface area contributed by atoms with Gasteiger partial charge in [-0.25, -0.2) is 0 Å². The van der Waals surface area contributed by atoms with Crippen LogP contribution in [0.3, 0.4) is 0 Å². The molecule has 0 aliphatic carbocycles. The highest BCUT2D eigenvalue weighted by molar-refractivity contribution is 7.18. The second-order valence-corrected chi connectivity index (χ2v) is 5.98. The number of benzene rings is 1. The van der Waals surface area contributed by atoms with E-state index < -0.39 is 0 Å². The van der Waals surface area contributed by atoms with Gasteiger partial charge in [0.15, 0.2) is 0 Å². The Hall–Kier alpha value is -1.17. The van der Waals surface area contributed by atoms with Crippen LogP contribution < -0.4 is 5.32 Å². The molecule has 1 aromatic heterocycles. The third-order valence-corrected chi connectivity index (χ3v) is 3.97. The molecule has 0 saturated carbocycles. The third kappa shape index (κ3) is 3.43. The van der Waals surface area contributed by atoms with Gasteiger partial charge in [0.2, 0.25) is 11.0 Å². The van der Waals surface area contributed by atoms with Crippen LogP contribution in [0.15, 0.2) is 18.2 Å². The van der Waals surface area contributed by atoms with Crippen LogP contribution in [0.2, 0.25) is 10.0 Å². The Balaban J connectivity index is 2.21. The van der Waals surface area contributed by atoms with Crippen LogP contribution in [0.1, 0.15) is 13.8 Å². The Bertz CT molecular complexity index is 613. The average Bonchev–Trinajstić information content (AvgIpc) is 2.81. The minimum atomic E-state index is -0.0997. The first kappa shape index (κ1) is 14.2. The fourth-order valence-electron chi connectivity index (χ4n) is 1.27. The average molecular weight is 316 g/mol. The lowest BCUT2D eigenvalue weighted by Gasteiger charge is -2.02. The maximum atomic E-state index is 11.5. The van der Waals surface area contributed by atoms with Crippen LogP contribution in [0.25, 0.3) is 10.6 Å². The number of rotatable bonds is 3. The molecular formula is C12H11Cl2N3OS. The Labute approximate surface area is 124 Å². The molecule has 1 heterocycles. The number of carbonyl (C=O) groups is 1. The molecule has 4 nitrogen and oxygen atoms in total. The molecule has 0 unspecified atom stereocenters. The lowest BCUT2D eigenvalue weighted by atomic mass is 10.2. The van der Waals surface area contributed by atoms with Gasteiger partial charge in [-0.1, -0.05) is 54.5 Å².